The van der Waals surface area contributed by atoms with Gasteiger partial charge >= 0.3 is 0 Å². The Kier molecular flexibility index (Phi) is 30.6. The van der Waals surface area contributed by atoms with E-state index in [2.05, 4.69) is 55.6 Å². The third kappa shape index (κ3) is 27.9. The second-order valence-electron chi connectivity index (χ2n) is 11.2. The maximum absolute atomic E-state index is 12.2. The Hall–Kier alpha value is -1.65. The molecule has 40 heavy (non-hydrogen) atoms. The average Bonchev–Trinajstić information content (AvgIpc) is 2.96. The third-order valence-electron chi connectivity index (χ3n) is 7.26. The summed E-state index contributed by atoms with van der Waals surface area (Å²) in [5.41, 5.74) is 0. The molecule has 0 aliphatic heterocycles. The van der Waals surface area contributed by atoms with Gasteiger partial charge in [-0.25, -0.2) is 0 Å². The molecule has 0 aromatic heterocycles. The fourth-order valence-electron chi connectivity index (χ4n) is 4.61. The molecule has 0 saturated heterocycles. The third-order valence-corrected chi connectivity index (χ3v) is 7.26. The highest BCUT2D eigenvalue weighted by Crippen LogP contribution is 2.10. The van der Waals surface area contributed by atoms with E-state index in [1.54, 1.807) is 6.08 Å². The van der Waals surface area contributed by atoms with Gasteiger partial charge in [-0.15, -0.1) is 0 Å². The molecule has 0 saturated carbocycles. The van der Waals surface area contributed by atoms with Crippen LogP contribution < -0.4 is 5.32 Å². The van der Waals surface area contributed by atoms with Crippen LogP contribution in [0.3, 0.4) is 0 Å². The van der Waals surface area contributed by atoms with Crippen molar-refractivity contribution < 1.29 is 15.0 Å². The smallest absolute Gasteiger partial charge is 0.220 e. The van der Waals surface area contributed by atoms with Crippen molar-refractivity contribution in [3.8, 4) is 0 Å². The number of nitrogens with one attached hydrogen (secondary N) is 1. The van der Waals surface area contributed by atoms with Gasteiger partial charge in [0.15, 0.2) is 0 Å². The van der Waals surface area contributed by atoms with E-state index >= 15 is 0 Å². The van der Waals surface area contributed by atoms with E-state index in [1.807, 2.05) is 6.08 Å². The molecule has 2 atom stereocenters. The highest BCUT2D eigenvalue weighted by atomic mass is 16.3. The van der Waals surface area contributed by atoms with Crippen molar-refractivity contribution >= 4 is 5.91 Å². The quantitative estimate of drug-likeness (QED) is 0.0631. The van der Waals surface area contributed by atoms with Crippen LogP contribution in [0.2, 0.25) is 0 Å². The number of rotatable bonds is 29. The molecule has 4 heteroatoms. The second kappa shape index (κ2) is 31.9. The van der Waals surface area contributed by atoms with Crippen molar-refractivity contribution in [2.75, 3.05) is 6.61 Å². The fourth-order valence-corrected chi connectivity index (χ4v) is 4.61. The van der Waals surface area contributed by atoms with Crippen LogP contribution in [0.5, 0.6) is 0 Å². The Morgan fingerprint density at radius 3 is 1.50 bits per heavy atom. The molecular weight excluding hydrogens is 494 g/mol. The van der Waals surface area contributed by atoms with Crippen LogP contribution in [0, 0.1) is 0 Å². The molecule has 0 aromatic rings. The van der Waals surface area contributed by atoms with Gasteiger partial charge in [0.05, 0.1) is 18.8 Å². The number of allylic oxidation sites excluding steroid dienone is 7. The lowest BCUT2D eigenvalue weighted by atomic mass is 10.1. The average molecular weight is 560 g/mol. The number of hydrogen-bond acceptors (Lipinski definition) is 3. The Labute approximate surface area is 248 Å². The summed E-state index contributed by atoms with van der Waals surface area (Å²) >= 11 is 0. The Balaban J connectivity index is 3.77. The number of unbranched alkanes of at least 4 members (excludes halogenated alkanes) is 16. The minimum absolute atomic E-state index is 0.0922. The van der Waals surface area contributed by atoms with Crippen molar-refractivity contribution in [3.63, 3.8) is 0 Å². The van der Waals surface area contributed by atoms with Gasteiger partial charge in [-0.3, -0.25) is 4.79 Å². The lowest BCUT2D eigenvalue weighted by Crippen LogP contribution is -2.45. The minimum Gasteiger partial charge on any atom is -0.394 e. The van der Waals surface area contributed by atoms with E-state index in [1.165, 1.54) is 83.5 Å². The van der Waals surface area contributed by atoms with Crippen LogP contribution in [0.25, 0.3) is 0 Å². The second-order valence-corrected chi connectivity index (χ2v) is 11.2. The summed E-state index contributed by atoms with van der Waals surface area (Å²) in [4.78, 5) is 12.2. The summed E-state index contributed by atoms with van der Waals surface area (Å²) in [6.07, 6.45) is 41.8. The van der Waals surface area contributed by atoms with E-state index in [4.69, 9.17) is 0 Å². The van der Waals surface area contributed by atoms with Crippen molar-refractivity contribution in [2.45, 2.75) is 167 Å². The van der Waals surface area contributed by atoms with E-state index in [9.17, 15) is 15.0 Å². The number of amides is 1. The summed E-state index contributed by atoms with van der Waals surface area (Å²) in [5, 5.41) is 22.8. The van der Waals surface area contributed by atoms with Gasteiger partial charge in [0.2, 0.25) is 5.91 Å². The zero-order valence-corrected chi connectivity index (χ0v) is 26.3. The minimum atomic E-state index is -0.871. The first-order valence-electron chi connectivity index (χ1n) is 16.9. The molecule has 0 aromatic carbocycles. The van der Waals surface area contributed by atoms with E-state index < -0.39 is 12.1 Å². The molecule has 0 rings (SSSR count). The fraction of sp³-hybridized carbons (Fsp3) is 0.750. The van der Waals surface area contributed by atoms with Gasteiger partial charge in [0.25, 0.3) is 0 Å². The van der Waals surface area contributed by atoms with Crippen LogP contribution in [-0.4, -0.2) is 34.9 Å². The molecule has 0 radical (unpaired) electrons. The number of aliphatic hydroxyl groups excluding tert-OH is 2. The van der Waals surface area contributed by atoms with Gasteiger partial charge in [-0.2, -0.15) is 0 Å². The van der Waals surface area contributed by atoms with Crippen LogP contribution in [-0.2, 0) is 4.79 Å². The molecule has 1 amide bonds. The number of carbonyl (C=O) groups excluding carboxylic acids is 1. The van der Waals surface area contributed by atoms with E-state index in [-0.39, 0.29) is 12.5 Å². The molecule has 0 aliphatic rings. The van der Waals surface area contributed by atoms with Crippen molar-refractivity contribution in [2.24, 2.45) is 0 Å². The van der Waals surface area contributed by atoms with Crippen LogP contribution >= 0.6 is 0 Å². The molecule has 0 heterocycles. The van der Waals surface area contributed by atoms with Crippen molar-refractivity contribution in [3.05, 3.63) is 48.6 Å². The van der Waals surface area contributed by atoms with Crippen molar-refractivity contribution in [1.29, 1.82) is 0 Å². The predicted octanol–water partition coefficient (Wildman–Crippen LogP) is 9.67. The number of aliphatic hydroxyl groups is 2. The zero-order valence-electron chi connectivity index (χ0n) is 26.3. The lowest BCUT2D eigenvalue weighted by molar-refractivity contribution is -0.123. The van der Waals surface area contributed by atoms with Gasteiger partial charge in [-0.1, -0.05) is 127 Å². The van der Waals surface area contributed by atoms with Gasteiger partial charge < -0.3 is 15.5 Å². The first kappa shape index (κ1) is 38.4. The SMILES string of the molecule is CCCCC/C=C\CCCCCCCC(=O)NC(CO)C(O)/C=C/CC/C=C/CC/C=C/CCCCCCCC. The molecule has 3 N–H and O–H groups in total. The molecule has 232 valence electrons. The van der Waals surface area contributed by atoms with Crippen LogP contribution in [0.4, 0.5) is 0 Å². The standard InChI is InChI=1S/C36H65NO3/c1-3-5-7-9-11-13-15-17-18-19-20-21-23-25-27-29-31-35(39)34(33-38)37-36(40)32-30-28-26-24-22-16-14-12-10-8-6-4-2/h12,14,17-18,21,23,29,31,34-35,38-39H,3-11,13,15-16,19-20,22,24-28,30,32-33H2,1-2H3,(H,37,40)/b14-12-,18-17+,23-21+,31-29+. The molecule has 0 bridgehead atoms. The largest absolute Gasteiger partial charge is 0.394 e. The van der Waals surface area contributed by atoms with Gasteiger partial charge in [0, 0.05) is 6.42 Å². The lowest BCUT2D eigenvalue weighted by Gasteiger charge is -2.19. The molecule has 0 spiro atoms. The Morgan fingerprint density at radius 1 is 0.575 bits per heavy atom. The number of hydrogen-bond donors (Lipinski definition) is 3. The zero-order chi connectivity index (χ0) is 29.4. The predicted molar refractivity (Wildman–Crippen MR) is 175 cm³/mol. The maximum atomic E-state index is 12.2. The molecule has 0 aliphatic carbocycles. The highest BCUT2D eigenvalue weighted by molar-refractivity contribution is 5.76. The maximum Gasteiger partial charge on any atom is 0.220 e. The van der Waals surface area contributed by atoms with E-state index in [0.29, 0.717) is 6.42 Å². The molecular formula is C36H65NO3. The van der Waals surface area contributed by atoms with Crippen molar-refractivity contribution in [1.82, 2.24) is 5.32 Å². The normalized spacial score (nSPS) is 13.8. The van der Waals surface area contributed by atoms with E-state index in [0.717, 1.165) is 51.4 Å². The van der Waals surface area contributed by atoms with Gasteiger partial charge in [0.1, 0.15) is 0 Å². The topological polar surface area (TPSA) is 69.6 Å². The Morgan fingerprint density at radius 2 is 0.975 bits per heavy atom. The van der Waals surface area contributed by atoms with Gasteiger partial charge in [-0.05, 0) is 70.6 Å². The van der Waals surface area contributed by atoms with Crippen LogP contribution in [0.1, 0.15) is 155 Å². The molecule has 0 fully saturated rings. The summed E-state index contributed by atoms with van der Waals surface area (Å²) in [6, 6.07) is -0.647. The first-order valence-corrected chi connectivity index (χ1v) is 16.9. The van der Waals surface area contributed by atoms with Crippen LogP contribution in [0.15, 0.2) is 48.6 Å². The monoisotopic (exact) mass is 559 g/mol. The summed E-state index contributed by atoms with van der Waals surface area (Å²) in [6.45, 7) is 4.23. The Bertz CT molecular complexity index is 652. The summed E-state index contributed by atoms with van der Waals surface area (Å²) < 4.78 is 0. The summed E-state index contributed by atoms with van der Waals surface area (Å²) in [7, 11) is 0. The first-order chi connectivity index (χ1) is 19.7. The highest BCUT2D eigenvalue weighted by Gasteiger charge is 2.17. The number of carbonyl (C=O) groups is 1. The molecule has 4 nitrogen and oxygen atoms in total. The molecule has 2 unspecified atom stereocenters. The summed E-state index contributed by atoms with van der Waals surface area (Å²) in [5.74, 6) is -0.0922.